The average molecular weight is 362 g/mol. The van der Waals surface area contributed by atoms with E-state index in [1.54, 1.807) is 0 Å². The number of rotatable bonds is 0. The van der Waals surface area contributed by atoms with E-state index < -0.39 is 14.5 Å². The molecule has 4 nitrogen and oxygen atoms in total. The van der Waals surface area contributed by atoms with E-state index in [9.17, 15) is 0 Å². The Morgan fingerprint density at radius 2 is 1.14 bits per heavy atom. The number of hydrogen-bond acceptors (Lipinski definition) is 1. The Hall–Kier alpha value is 1.25. The van der Waals surface area contributed by atoms with Crippen molar-refractivity contribution in [2.24, 2.45) is 0 Å². The Morgan fingerprint density at radius 3 is 1.14 bits per heavy atom. The number of hydrogen-bond donors (Lipinski definition) is 3. The summed E-state index contributed by atoms with van der Waals surface area (Å²) in [5, 5.41) is 0. The van der Waals surface area contributed by atoms with Gasteiger partial charge in [-0.1, -0.05) is 0 Å². The first-order chi connectivity index (χ1) is 2.00. The van der Waals surface area contributed by atoms with Crippen molar-refractivity contribution in [1.29, 1.82) is 0 Å². The van der Waals surface area contributed by atoms with Crippen molar-refractivity contribution in [3.05, 3.63) is 0 Å². The SMILES string of the molecule is O=[As](O)(O)O.S.[Re]. The van der Waals surface area contributed by atoms with Crippen LogP contribution in [-0.2, 0) is 24.2 Å². The molecule has 7 heteroatoms. The van der Waals surface area contributed by atoms with E-state index in [1.165, 1.54) is 0 Å². The molecule has 0 rings (SSSR count). The molecule has 7 heavy (non-hydrogen) atoms. The van der Waals surface area contributed by atoms with Gasteiger partial charge in [0.25, 0.3) is 0 Å². The molecule has 0 amide bonds. The summed E-state index contributed by atoms with van der Waals surface area (Å²) in [6, 6.07) is 0. The first kappa shape index (κ1) is 15.7. The summed E-state index contributed by atoms with van der Waals surface area (Å²) in [5.41, 5.74) is 0. The summed E-state index contributed by atoms with van der Waals surface area (Å²) < 4.78 is 30.7. The molecule has 0 aliphatic heterocycles. The second-order valence-electron chi connectivity index (χ2n) is 0.513. The van der Waals surface area contributed by atoms with Gasteiger partial charge in [0.1, 0.15) is 0 Å². The van der Waals surface area contributed by atoms with E-state index in [0.717, 1.165) is 0 Å². The van der Waals surface area contributed by atoms with Crippen molar-refractivity contribution in [2.45, 2.75) is 0 Å². The van der Waals surface area contributed by atoms with Crippen molar-refractivity contribution in [3.8, 4) is 0 Å². The molecule has 0 aromatic carbocycles. The van der Waals surface area contributed by atoms with Gasteiger partial charge in [0.05, 0.1) is 0 Å². The van der Waals surface area contributed by atoms with Crippen LogP contribution in [0, 0.1) is 0 Å². The van der Waals surface area contributed by atoms with Crippen LogP contribution >= 0.6 is 13.5 Å². The first-order valence-corrected chi connectivity index (χ1v) is 4.07. The minimum atomic E-state index is -5.12. The van der Waals surface area contributed by atoms with Gasteiger partial charge in [-0.05, 0) is 0 Å². The van der Waals surface area contributed by atoms with Gasteiger partial charge in [0, 0.05) is 20.4 Å². The molecule has 0 unspecified atom stereocenters. The fourth-order valence-electron chi connectivity index (χ4n) is 0. The monoisotopic (exact) mass is 363 g/mol. The fourth-order valence-corrected chi connectivity index (χ4v) is 0. The van der Waals surface area contributed by atoms with Gasteiger partial charge in [0.15, 0.2) is 0 Å². The van der Waals surface area contributed by atoms with Crippen LogP contribution in [0.4, 0.5) is 0 Å². The molecule has 0 aliphatic rings. The van der Waals surface area contributed by atoms with Gasteiger partial charge in [-0.3, -0.25) is 0 Å². The molecule has 0 heterocycles. The third kappa shape index (κ3) is 128. The van der Waals surface area contributed by atoms with Crippen LogP contribution in [0.15, 0.2) is 0 Å². The van der Waals surface area contributed by atoms with E-state index in [2.05, 4.69) is 0 Å². The second kappa shape index (κ2) is 5.39. The zero-order chi connectivity index (χ0) is 4.50. The second-order valence-corrected chi connectivity index (χ2v) is 2.67. The van der Waals surface area contributed by atoms with Crippen LogP contribution in [0.3, 0.4) is 0 Å². The molecule has 1 radical (unpaired) electrons. The Morgan fingerprint density at radius 1 is 1.14 bits per heavy atom. The topological polar surface area (TPSA) is 77.8 Å². The summed E-state index contributed by atoms with van der Waals surface area (Å²) in [4.78, 5) is 0. The Labute approximate surface area is 64.4 Å². The van der Waals surface area contributed by atoms with Crippen LogP contribution < -0.4 is 0 Å². The standard InChI is InChI=1S/AsH3O4.Re.H2S/c2-1(3,4)5;;/h(H3,2,3,4,5);;1H2. The normalized spacial score (nSPS) is 8.43. The Balaban J connectivity index is -0.0000000800. The molecule has 0 saturated heterocycles. The van der Waals surface area contributed by atoms with Crippen LogP contribution in [0.5, 0.6) is 0 Å². The van der Waals surface area contributed by atoms with Crippen molar-refractivity contribution >= 4 is 28.0 Å². The summed E-state index contributed by atoms with van der Waals surface area (Å²) in [6.45, 7) is 0. The van der Waals surface area contributed by atoms with Crippen LogP contribution in [-0.4, -0.2) is 26.8 Å². The molecular formula is H5AsO4ReS. The Kier molecular flexibility index (Phi) is 12.1. The largest absolute Gasteiger partial charge is 0.197 e. The summed E-state index contributed by atoms with van der Waals surface area (Å²) in [6.07, 6.45) is 0. The summed E-state index contributed by atoms with van der Waals surface area (Å²) >= 11 is -5.12. The molecule has 0 saturated carbocycles. The van der Waals surface area contributed by atoms with Gasteiger partial charge in [-0.15, -0.1) is 0 Å². The maximum absolute atomic E-state index is 8.94. The molecule has 3 N–H and O–H groups in total. The smallest absolute Gasteiger partial charge is 0 e. The summed E-state index contributed by atoms with van der Waals surface area (Å²) in [5.74, 6) is 0. The molecule has 0 aromatic rings. The predicted molar refractivity (Wildman–Crippen MR) is 23.5 cm³/mol. The van der Waals surface area contributed by atoms with Crippen molar-refractivity contribution in [1.82, 2.24) is 0 Å². The van der Waals surface area contributed by atoms with Gasteiger partial charge in [-0.2, -0.15) is 13.5 Å². The van der Waals surface area contributed by atoms with E-state index in [1.807, 2.05) is 0 Å². The third-order valence-corrected chi connectivity index (χ3v) is 0. The zero-order valence-corrected chi connectivity index (χ0v) is 8.67. The summed E-state index contributed by atoms with van der Waals surface area (Å²) in [7, 11) is 0. The van der Waals surface area contributed by atoms with Gasteiger partial charge >= 0.3 is 30.5 Å². The van der Waals surface area contributed by atoms with Gasteiger partial charge in [-0.25, -0.2) is 0 Å². The van der Waals surface area contributed by atoms with E-state index in [0.29, 0.717) is 0 Å². The molecule has 0 fully saturated rings. The van der Waals surface area contributed by atoms with Crippen molar-refractivity contribution in [3.63, 3.8) is 0 Å². The molecule has 47 valence electrons. The average Bonchev–Trinajstić information content (AvgIpc) is 0.722. The van der Waals surface area contributed by atoms with Crippen molar-refractivity contribution in [2.75, 3.05) is 0 Å². The zero-order valence-electron chi connectivity index (χ0n) is 3.08. The minimum absolute atomic E-state index is 0. The maximum atomic E-state index is 8.94. The Bertz CT molecular complexity index is 57.8. The van der Waals surface area contributed by atoms with Gasteiger partial charge < -0.3 is 0 Å². The molecule has 0 aromatic heterocycles. The molecule has 0 aliphatic carbocycles. The first-order valence-electron chi connectivity index (χ1n) is 0.783. The predicted octanol–water partition coefficient (Wildman–Crippen LogP) is -2.06. The van der Waals surface area contributed by atoms with E-state index >= 15 is 0 Å². The third-order valence-electron chi connectivity index (χ3n) is 0. The van der Waals surface area contributed by atoms with Crippen LogP contribution in [0.2, 0.25) is 0 Å². The molecule has 0 bridgehead atoms. The quantitative estimate of drug-likeness (QED) is 0.433. The molecule has 0 spiro atoms. The molecular weight excluding hydrogens is 357 g/mol. The molecule has 0 atom stereocenters. The fraction of sp³-hybridized carbons (Fsp3) is 0. The minimum Gasteiger partial charge on any atom is -0.197 e. The van der Waals surface area contributed by atoms with Crippen molar-refractivity contribution < 1.29 is 36.4 Å². The van der Waals surface area contributed by atoms with Crippen LogP contribution in [0.1, 0.15) is 0 Å². The van der Waals surface area contributed by atoms with E-state index in [-0.39, 0.29) is 33.9 Å². The maximum Gasteiger partial charge on any atom is 0 e. The van der Waals surface area contributed by atoms with Crippen LogP contribution in [0.25, 0.3) is 0 Å². The van der Waals surface area contributed by atoms with Gasteiger partial charge in [0.2, 0.25) is 0 Å². The van der Waals surface area contributed by atoms with E-state index in [4.69, 9.17) is 16.0 Å².